The summed E-state index contributed by atoms with van der Waals surface area (Å²) in [6.07, 6.45) is 0.225. The number of halogens is 1. The Kier molecular flexibility index (Phi) is 14.3. The van der Waals surface area contributed by atoms with E-state index in [9.17, 15) is 19.2 Å². The van der Waals surface area contributed by atoms with Crippen LogP contribution in [-0.4, -0.2) is 60.1 Å². The van der Waals surface area contributed by atoms with Gasteiger partial charge in [0.15, 0.2) is 12.4 Å². The van der Waals surface area contributed by atoms with Crippen LogP contribution in [0.5, 0.6) is 5.75 Å². The number of hydrogen-bond acceptors (Lipinski definition) is 9. The van der Waals surface area contributed by atoms with Gasteiger partial charge in [-0.25, -0.2) is 14.4 Å². The monoisotopic (exact) mass is 660 g/mol. The van der Waals surface area contributed by atoms with E-state index in [4.69, 9.17) is 35.3 Å². The van der Waals surface area contributed by atoms with E-state index in [-0.39, 0.29) is 31.1 Å². The number of carbonyl (C=O) groups excluding carboxylic acids is 4. The molecule has 0 radical (unpaired) electrons. The SMILES string of the molecule is CC(C)CC(NC(=O)C(OC1CCCCO1)C(Cc1ccccc1)NC(=O)OC(C)(C)C)C(=O)Oc1ccc(COC(=O)Cl)cc1. The van der Waals surface area contributed by atoms with Gasteiger partial charge in [-0.1, -0.05) is 56.3 Å². The predicted molar refractivity (Wildman–Crippen MR) is 171 cm³/mol. The van der Waals surface area contributed by atoms with Gasteiger partial charge in [-0.15, -0.1) is 0 Å². The lowest BCUT2D eigenvalue weighted by Gasteiger charge is -2.33. The first kappa shape index (κ1) is 36.8. The van der Waals surface area contributed by atoms with Crippen LogP contribution in [0.4, 0.5) is 9.59 Å². The first-order valence-electron chi connectivity index (χ1n) is 15.5. The third kappa shape index (κ3) is 13.4. The minimum Gasteiger partial charge on any atom is -0.449 e. The second-order valence-electron chi connectivity index (χ2n) is 12.6. The van der Waals surface area contributed by atoms with Crippen molar-refractivity contribution in [2.75, 3.05) is 6.61 Å². The molecule has 1 saturated heterocycles. The molecule has 0 aliphatic carbocycles. The fraction of sp³-hybridized carbons (Fsp3) is 0.529. The van der Waals surface area contributed by atoms with Crippen molar-refractivity contribution >= 4 is 35.0 Å². The molecule has 11 nitrogen and oxygen atoms in total. The predicted octanol–water partition coefficient (Wildman–Crippen LogP) is 6.05. The first-order valence-corrected chi connectivity index (χ1v) is 15.9. The Morgan fingerprint density at radius 2 is 1.65 bits per heavy atom. The van der Waals surface area contributed by atoms with Gasteiger partial charge in [0.05, 0.1) is 6.04 Å². The van der Waals surface area contributed by atoms with E-state index in [1.807, 2.05) is 44.2 Å². The maximum atomic E-state index is 14.1. The summed E-state index contributed by atoms with van der Waals surface area (Å²) in [6.45, 7) is 9.54. The molecule has 2 aromatic carbocycles. The number of hydrogen-bond donors (Lipinski definition) is 2. The maximum absolute atomic E-state index is 14.1. The quantitative estimate of drug-likeness (QED) is 0.141. The second-order valence-corrected chi connectivity index (χ2v) is 12.9. The Bertz CT molecular complexity index is 1280. The summed E-state index contributed by atoms with van der Waals surface area (Å²) in [4.78, 5) is 51.4. The zero-order valence-corrected chi connectivity index (χ0v) is 27.8. The van der Waals surface area contributed by atoms with Crippen LogP contribution < -0.4 is 15.4 Å². The van der Waals surface area contributed by atoms with Crippen molar-refractivity contribution in [3.8, 4) is 5.75 Å². The summed E-state index contributed by atoms with van der Waals surface area (Å²) in [5.41, 5.74) is -0.192. The van der Waals surface area contributed by atoms with Crippen molar-refractivity contribution in [2.24, 2.45) is 5.92 Å². The fourth-order valence-corrected chi connectivity index (χ4v) is 4.86. The van der Waals surface area contributed by atoms with E-state index in [0.29, 0.717) is 18.6 Å². The summed E-state index contributed by atoms with van der Waals surface area (Å²) in [5, 5.41) is 5.67. The maximum Gasteiger partial charge on any atom is 0.407 e. The molecule has 3 rings (SSSR count). The number of amides is 2. The lowest BCUT2D eigenvalue weighted by atomic mass is 9.99. The molecule has 0 bridgehead atoms. The van der Waals surface area contributed by atoms with Crippen molar-refractivity contribution in [3.63, 3.8) is 0 Å². The molecule has 46 heavy (non-hydrogen) atoms. The average molecular weight is 661 g/mol. The number of carbonyl (C=O) groups is 4. The van der Waals surface area contributed by atoms with Crippen molar-refractivity contribution in [1.82, 2.24) is 10.6 Å². The standard InChI is InChI=1S/C34H45ClN2O9/c1-22(2)19-27(31(39)44-25-16-14-24(15-17-25)21-43-32(35)40)36-30(38)29(45-28-13-9-10-18-42-28)26(20-23-11-7-6-8-12-23)37-33(41)46-34(3,4)5/h6-8,11-12,14-17,22,26-29H,9-10,13,18-21H2,1-5H3,(H,36,38)(H,37,41). The van der Waals surface area contributed by atoms with Crippen molar-refractivity contribution in [3.05, 3.63) is 65.7 Å². The van der Waals surface area contributed by atoms with Crippen LogP contribution in [0.2, 0.25) is 0 Å². The number of rotatable bonds is 14. The van der Waals surface area contributed by atoms with Crippen molar-refractivity contribution < 1.29 is 42.9 Å². The summed E-state index contributed by atoms with van der Waals surface area (Å²) < 4.78 is 28.0. The van der Waals surface area contributed by atoms with Gasteiger partial charge >= 0.3 is 17.5 Å². The molecular formula is C34H45ClN2O9. The van der Waals surface area contributed by atoms with E-state index in [0.717, 1.165) is 18.4 Å². The van der Waals surface area contributed by atoms with E-state index >= 15 is 0 Å². The summed E-state index contributed by atoms with van der Waals surface area (Å²) >= 11 is 5.22. The number of alkyl carbamates (subject to hydrolysis) is 1. The molecule has 1 aliphatic rings. The van der Waals surface area contributed by atoms with Gasteiger partial charge in [0.1, 0.15) is 24.0 Å². The minimum atomic E-state index is -1.23. The Morgan fingerprint density at radius 3 is 2.24 bits per heavy atom. The Balaban J connectivity index is 1.85. The van der Waals surface area contributed by atoms with Crippen molar-refractivity contribution in [2.45, 2.75) is 103 Å². The zero-order chi connectivity index (χ0) is 33.7. The molecule has 2 aromatic rings. The fourth-order valence-electron chi connectivity index (χ4n) is 4.80. The molecule has 12 heteroatoms. The van der Waals surface area contributed by atoms with E-state index in [1.54, 1.807) is 45.0 Å². The number of ether oxygens (including phenoxy) is 5. The van der Waals surface area contributed by atoms with Gasteiger partial charge in [0.25, 0.3) is 5.91 Å². The average Bonchev–Trinajstić information content (AvgIpc) is 2.98. The topological polar surface area (TPSA) is 138 Å². The molecule has 0 saturated carbocycles. The van der Waals surface area contributed by atoms with Crippen LogP contribution in [-0.2, 0) is 41.6 Å². The van der Waals surface area contributed by atoms with Crippen LogP contribution in [0, 0.1) is 5.92 Å². The molecule has 1 heterocycles. The van der Waals surface area contributed by atoms with Gasteiger partial charge in [-0.2, -0.15) is 0 Å². The van der Waals surface area contributed by atoms with Gasteiger partial charge in [0.2, 0.25) is 0 Å². The molecule has 252 valence electrons. The first-order chi connectivity index (χ1) is 21.8. The lowest BCUT2D eigenvalue weighted by Crippen LogP contribution is -2.57. The Labute approximate surface area is 275 Å². The van der Waals surface area contributed by atoms with Gasteiger partial charge < -0.3 is 34.3 Å². The van der Waals surface area contributed by atoms with Gasteiger partial charge in [-0.3, -0.25) is 4.79 Å². The molecule has 4 unspecified atom stereocenters. The zero-order valence-electron chi connectivity index (χ0n) is 27.1. The third-order valence-corrected chi connectivity index (χ3v) is 6.97. The van der Waals surface area contributed by atoms with Crippen LogP contribution in [0.25, 0.3) is 0 Å². The molecule has 4 atom stereocenters. The number of benzene rings is 2. The highest BCUT2D eigenvalue weighted by Gasteiger charge is 2.37. The van der Waals surface area contributed by atoms with Crippen LogP contribution in [0.1, 0.15) is 71.4 Å². The molecular weight excluding hydrogens is 616 g/mol. The van der Waals surface area contributed by atoms with E-state index < -0.39 is 53.5 Å². The summed E-state index contributed by atoms with van der Waals surface area (Å²) in [5.74, 6) is -1.02. The molecule has 1 fully saturated rings. The van der Waals surface area contributed by atoms with Gasteiger partial charge in [-0.05, 0) is 82.1 Å². The number of nitrogens with one attached hydrogen (secondary N) is 2. The van der Waals surface area contributed by atoms with E-state index in [1.165, 1.54) is 0 Å². The summed E-state index contributed by atoms with van der Waals surface area (Å²) in [6, 6.07) is 13.9. The minimum absolute atomic E-state index is 0.0199. The van der Waals surface area contributed by atoms with Crippen LogP contribution >= 0.6 is 11.6 Å². The lowest BCUT2D eigenvalue weighted by molar-refractivity contribution is -0.197. The van der Waals surface area contributed by atoms with Gasteiger partial charge in [0, 0.05) is 18.2 Å². The van der Waals surface area contributed by atoms with Crippen LogP contribution in [0.15, 0.2) is 54.6 Å². The molecule has 0 aromatic heterocycles. The summed E-state index contributed by atoms with van der Waals surface area (Å²) in [7, 11) is 0. The second kappa shape index (κ2) is 17.9. The molecule has 1 aliphatic heterocycles. The molecule has 0 spiro atoms. The number of esters is 1. The molecule has 2 N–H and O–H groups in total. The van der Waals surface area contributed by atoms with Crippen LogP contribution in [0.3, 0.4) is 0 Å². The molecule has 2 amide bonds. The largest absolute Gasteiger partial charge is 0.449 e. The highest BCUT2D eigenvalue weighted by molar-refractivity contribution is 6.61. The Hall–Kier alpha value is -3.67. The smallest absolute Gasteiger partial charge is 0.407 e. The Morgan fingerprint density at radius 1 is 0.957 bits per heavy atom. The highest BCUT2D eigenvalue weighted by Crippen LogP contribution is 2.21. The highest BCUT2D eigenvalue weighted by atomic mass is 35.5. The van der Waals surface area contributed by atoms with E-state index in [2.05, 4.69) is 10.6 Å². The van der Waals surface area contributed by atoms with Crippen molar-refractivity contribution in [1.29, 1.82) is 0 Å². The normalized spacial score (nSPS) is 16.9. The third-order valence-electron chi connectivity index (χ3n) is 6.86.